The van der Waals surface area contributed by atoms with Crippen LogP contribution in [-0.2, 0) is 11.4 Å². The molecule has 0 bridgehead atoms. The molecule has 0 heterocycles. The molecule has 76 valence electrons. The van der Waals surface area contributed by atoms with Gasteiger partial charge in [0.15, 0.2) is 0 Å². The van der Waals surface area contributed by atoms with Crippen LogP contribution in [0.25, 0.3) is 0 Å². The third-order valence-electron chi connectivity index (χ3n) is 1.87. The van der Waals surface area contributed by atoms with E-state index in [1.165, 1.54) is 0 Å². The predicted octanol–water partition coefficient (Wildman–Crippen LogP) is 1.92. The van der Waals surface area contributed by atoms with Crippen molar-refractivity contribution < 1.29 is 9.90 Å². The molecule has 3 nitrogen and oxygen atoms in total. The molecular weight excluding hydrogens is 178 g/mol. The number of aliphatic hydroxyl groups excluding tert-OH is 1. The zero-order chi connectivity index (χ0) is 10.4. The lowest BCUT2D eigenvalue weighted by Crippen LogP contribution is -2.10. The van der Waals surface area contributed by atoms with Gasteiger partial charge in [-0.05, 0) is 24.1 Å². The Bertz CT molecular complexity index is 310. The number of hydrogen-bond donors (Lipinski definition) is 2. The zero-order valence-electron chi connectivity index (χ0n) is 8.29. The summed E-state index contributed by atoms with van der Waals surface area (Å²) in [6, 6.07) is 7.21. The Kier molecular flexibility index (Phi) is 4.13. The van der Waals surface area contributed by atoms with Gasteiger partial charge in [0.05, 0.1) is 6.61 Å². The smallest absolute Gasteiger partial charge is 0.224 e. The third kappa shape index (κ3) is 3.18. The Hall–Kier alpha value is -1.35. The van der Waals surface area contributed by atoms with Gasteiger partial charge in [-0.3, -0.25) is 4.79 Å². The van der Waals surface area contributed by atoms with E-state index in [1.54, 1.807) is 6.07 Å². The second-order valence-corrected chi connectivity index (χ2v) is 3.16. The van der Waals surface area contributed by atoms with Gasteiger partial charge in [0.2, 0.25) is 5.91 Å². The molecule has 1 aromatic carbocycles. The van der Waals surface area contributed by atoms with Crippen LogP contribution >= 0.6 is 0 Å². The Morgan fingerprint density at radius 2 is 2.29 bits per heavy atom. The maximum Gasteiger partial charge on any atom is 0.224 e. The molecule has 0 unspecified atom stereocenters. The van der Waals surface area contributed by atoms with Crippen molar-refractivity contribution in [3.8, 4) is 0 Å². The van der Waals surface area contributed by atoms with Crippen LogP contribution in [0.15, 0.2) is 24.3 Å². The fraction of sp³-hybridized carbons (Fsp3) is 0.364. The van der Waals surface area contributed by atoms with Gasteiger partial charge in [-0.15, -0.1) is 0 Å². The van der Waals surface area contributed by atoms with E-state index in [1.807, 2.05) is 25.1 Å². The molecule has 0 atom stereocenters. The van der Waals surface area contributed by atoms with E-state index >= 15 is 0 Å². The van der Waals surface area contributed by atoms with E-state index < -0.39 is 0 Å². The number of aliphatic hydroxyl groups is 1. The van der Waals surface area contributed by atoms with Crippen molar-refractivity contribution in [2.75, 3.05) is 5.32 Å². The minimum Gasteiger partial charge on any atom is -0.392 e. The molecule has 14 heavy (non-hydrogen) atoms. The molecule has 0 saturated heterocycles. The van der Waals surface area contributed by atoms with Crippen molar-refractivity contribution in [1.82, 2.24) is 0 Å². The number of anilines is 1. The van der Waals surface area contributed by atoms with E-state index in [4.69, 9.17) is 5.11 Å². The van der Waals surface area contributed by atoms with Crippen LogP contribution < -0.4 is 5.32 Å². The molecule has 0 radical (unpaired) electrons. The summed E-state index contributed by atoms with van der Waals surface area (Å²) in [5.74, 6) is 0.0163. The number of hydrogen-bond acceptors (Lipinski definition) is 2. The van der Waals surface area contributed by atoms with Crippen molar-refractivity contribution in [1.29, 1.82) is 0 Å². The first-order valence-electron chi connectivity index (χ1n) is 4.76. The minimum absolute atomic E-state index is 0.00249. The van der Waals surface area contributed by atoms with E-state index in [2.05, 4.69) is 5.32 Å². The van der Waals surface area contributed by atoms with Gasteiger partial charge in [-0.1, -0.05) is 19.1 Å². The van der Waals surface area contributed by atoms with Gasteiger partial charge in [-0.25, -0.2) is 0 Å². The molecule has 0 aliphatic rings. The normalized spacial score (nSPS) is 9.86. The maximum atomic E-state index is 11.2. The standard InChI is InChI=1S/C11H15NO2/c1-2-4-11(14)12-10-6-3-5-9(7-10)8-13/h3,5-7,13H,2,4,8H2,1H3,(H,12,14). The number of nitrogens with one attached hydrogen (secondary N) is 1. The molecule has 0 fully saturated rings. The molecule has 0 aromatic heterocycles. The minimum atomic E-state index is -0.00249. The highest BCUT2D eigenvalue weighted by molar-refractivity contribution is 5.90. The number of carbonyl (C=O) groups is 1. The van der Waals surface area contributed by atoms with E-state index in [0.29, 0.717) is 6.42 Å². The lowest BCUT2D eigenvalue weighted by Gasteiger charge is -2.05. The summed E-state index contributed by atoms with van der Waals surface area (Å²) in [4.78, 5) is 11.2. The highest BCUT2D eigenvalue weighted by atomic mass is 16.3. The lowest BCUT2D eigenvalue weighted by atomic mass is 10.2. The zero-order valence-corrected chi connectivity index (χ0v) is 8.29. The van der Waals surface area contributed by atoms with Crippen LogP contribution in [0.3, 0.4) is 0 Å². The summed E-state index contributed by atoms with van der Waals surface area (Å²) in [5, 5.41) is 11.7. The van der Waals surface area contributed by atoms with E-state index in [0.717, 1.165) is 17.7 Å². The highest BCUT2D eigenvalue weighted by Crippen LogP contribution is 2.10. The quantitative estimate of drug-likeness (QED) is 0.767. The predicted molar refractivity (Wildman–Crippen MR) is 55.9 cm³/mol. The van der Waals surface area contributed by atoms with Crippen LogP contribution in [0.2, 0.25) is 0 Å². The van der Waals surface area contributed by atoms with E-state index in [9.17, 15) is 4.79 Å². The second kappa shape index (κ2) is 5.40. The first kappa shape index (κ1) is 10.7. The van der Waals surface area contributed by atoms with E-state index in [-0.39, 0.29) is 12.5 Å². The Morgan fingerprint density at radius 3 is 2.93 bits per heavy atom. The summed E-state index contributed by atoms with van der Waals surface area (Å²) in [6.07, 6.45) is 1.37. The molecule has 0 saturated carbocycles. The maximum absolute atomic E-state index is 11.2. The third-order valence-corrected chi connectivity index (χ3v) is 1.87. The van der Waals surface area contributed by atoms with Gasteiger partial charge in [0.1, 0.15) is 0 Å². The van der Waals surface area contributed by atoms with Crippen molar-refractivity contribution in [2.24, 2.45) is 0 Å². The lowest BCUT2D eigenvalue weighted by molar-refractivity contribution is -0.116. The fourth-order valence-corrected chi connectivity index (χ4v) is 1.20. The average Bonchev–Trinajstić information content (AvgIpc) is 2.18. The average molecular weight is 193 g/mol. The van der Waals surface area contributed by atoms with Gasteiger partial charge in [-0.2, -0.15) is 0 Å². The Labute approximate surface area is 83.8 Å². The number of carbonyl (C=O) groups excluding carboxylic acids is 1. The Balaban J connectivity index is 2.62. The molecule has 0 aliphatic carbocycles. The van der Waals surface area contributed by atoms with Gasteiger partial charge < -0.3 is 10.4 Å². The molecule has 2 N–H and O–H groups in total. The number of benzene rings is 1. The molecule has 1 aromatic rings. The van der Waals surface area contributed by atoms with Crippen molar-refractivity contribution >= 4 is 11.6 Å². The fourth-order valence-electron chi connectivity index (χ4n) is 1.20. The number of rotatable bonds is 4. The second-order valence-electron chi connectivity index (χ2n) is 3.16. The molecule has 1 amide bonds. The molecule has 3 heteroatoms. The van der Waals surface area contributed by atoms with Gasteiger partial charge >= 0.3 is 0 Å². The molecule has 0 aliphatic heterocycles. The molecule has 1 rings (SSSR count). The summed E-state index contributed by atoms with van der Waals surface area (Å²) >= 11 is 0. The summed E-state index contributed by atoms with van der Waals surface area (Å²) in [6.45, 7) is 1.96. The highest BCUT2D eigenvalue weighted by Gasteiger charge is 2.00. The van der Waals surface area contributed by atoms with Crippen LogP contribution in [0, 0.1) is 0 Å². The SMILES string of the molecule is CCCC(=O)Nc1cccc(CO)c1. The topological polar surface area (TPSA) is 49.3 Å². The van der Waals surface area contributed by atoms with Crippen molar-refractivity contribution in [3.63, 3.8) is 0 Å². The summed E-state index contributed by atoms with van der Waals surface area (Å²) in [7, 11) is 0. The van der Waals surface area contributed by atoms with Crippen LogP contribution in [0.1, 0.15) is 25.3 Å². The van der Waals surface area contributed by atoms with Crippen LogP contribution in [-0.4, -0.2) is 11.0 Å². The van der Waals surface area contributed by atoms with Gasteiger partial charge in [0, 0.05) is 12.1 Å². The molecule has 0 spiro atoms. The largest absolute Gasteiger partial charge is 0.392 e. The first-order valence-corrected chi connectivity index (χ1v) is 4.76. The van der Waals surface area contributed by atoms with Gasteiger partial charge in [0.25, 0.3) is 0 Å². The van der Waals surface area contributed by atoms with Crippen LogP contribution in [0.4, 0.5) is 5.69 Å². The first-order chi connectivity index (χ1) is 6.76. The molecular formula is C11H15NO2. The number of amides is 1. The van der Waals surface area contributed by atoms with Crippen molar-refractivity contribution in [3.05, 3.63) is 29.8 Å². The van der Waals surface area contributed by atoms with Crippen LogP contribution in [0.5, 0.6) is 0 Å². The van der Waals surface area contributed by atoms with Crippen molar-refractivity contribution in [2.45, 2.75) is 26.4 Å². The summed E-state index contributed by atoms with van der Waals surface area (Å²) in [5.41, 5.74) is 1.55. The monoisotopic (exact) mass is 193 g/mol. The Morgan fingerprint density at radius 1 is 1.50 bits per heavy atom. The summed E-state index contributed by atoms with van der Waals surface area (Å²) < 4.78 is 0.